The van der Waals surface area contributed by atoms with Crippen molar-refractivity contribution in [2.75, 3.05) is 5.32 Å². The van der Waals surface area contributed by atoms with E-state index in [1.807, 2.05) is 0 Å². The number of amides is 2. The van der Waals surface area contributed by atoms with Gasteiger partial charge < -0.3 is 10.6 Å². The number of halogens is 4. The van der Waals surface area contributed by atoms with E-state index in [0.717, 1.165) is 12.1 Å². The molecule has 1 rings (SSSR count). The summed E-state index contributed by atoms with van der Waals surface area (Å²) >= 11 is 5.56. The number of alkyl halides is 3. The quantitative estimate of drug-likeness (QED) is 0.465. The number of carbonyl (C=O) groups is 1. The van der Waals surface area contributed by atoms with Gasteiger partial charge in [-0.05, 0) is 39.0 Å². The van der Waals surface area contributed by atoms with Gasteiger partial charge in [-0.25, -0.2) is 4.79 Å². The van der Waals surface area contributed by atoms with Crippen molar-refractivity contribution in [1.29, 1.82) is 5.41 Å². The first-order chi connectivity index (χ1) is 9.88. The first-order valence-corrected chi connectivity index (χ1v) is 6.58. The molecule has 0 unspecified atom stereocenters. The van der Waals surface area contributed by atoms with Crippen molar-refractivity contribution in [1.82, 2.24) is 10.6 Å². The first-order valence-electron chi connectivity index (χ1n) is 6.20. The van der Waals surface area contributed by atoms with Gasteiger partial charge in [-0.3, -0.25) is 10.7 Å². The maximum atomic E-state index is 12.9. The Bertz CT molecular complexity index is 582. The second-order valence-electron chi connectivity index (χ2n) is 5.52. The number of carbonyl (C=O) groups excluding carboxylic acids is 1. The third-order valence-corrected chi connectivity index (χ3v) is 2.51. The monoisotopic (exact) mass is 336 g/mol. The Hall–Kier alpha value is -1.96. The minimum absolute atomic E-state index is 0.0807. The largest absolute Gasteiger partial charge is 0.418 e. The summed E-state index contributed by atoms with van der Waals surface area (Å²) in [5.74, 6) is -0.588. The highest BCUT2D eigenvalue weighted by molar-refractivity contribution is 6.30. The number of benzene rings is 1. The average Bonchev–Trinajstić information content (AvgIpc) is 2.27. The topological polar surface area (TPSA) is 77.0 Å². The fourth-order valence-corrected chi connectivity index (χ4v) is 1.68. The molecule has 0 heterocycles. The molecule has 0 saturated heterocycles. The molecule has 0 aliphatic carbocycles. The lowest BCUT2D eigenvalue weighted by atomic mass is 10.1. The summed E-state index contributed by atoms with van der Waals surface area (Å²) in [4.78, 5) is 11.5. The summed E-state index contributed by atoms with van der Waals surface area (Å²) in [6, 6.07) is 2.38. The number of hydrogen-bond acceptors (Lipinski definition) is 2. The highest BCUT2D eigenvalue weighted by Gasteiger charge is 2.34. The van der Waals surface area contributed by atoms with Gasteiger partial charge in [0.05, 0.1) is 11.3 Å². The van der Waals surface area contributed by atoms with Crippen LogP contribution in [-0.2, 0) is 6.18 Å². The summed E-state index contributed by atoms with van der Waals surface area (Å²) in [5, 5.41) is 14.3. The second kappa shape index (κ2) is 6.43. The number of guanidine groups is 1. The zero-order valence-corrected chi connectivity index (χ0v) is 12.9. The van der Waals surface area contributed by atoms with E-state index in [2.05, 4.69) is 16.0 Å². The molecule has 0 saturated carbocycles. The molecule has 0 radical (unpaired) electrons. The van der Waals surface area contributed by atoms with Crippen LogP contribution in [0.15, 0.2) is 18.2 Å². The second-order valence-corrected chi connectivity index (χ2v) is 5.95. The molecule has 0 aliphatic rings. The fraction of sp³-hybridized carbons (Fsp3) is 0.385. The molecule has 0 spiro atoms. The van der Waals surface area contributed by atoms with Crippen LogP contribution < -0.4 is 16.0 Å². The van der Waals surface area contributed by atoms with Crippen LogP contribution in [0, 0.1) is 5.41 Å². The van der Waals surface area contributed by atoms with Crippen molar-refractivity contribution in [3.05, 3.63) is 28.8 Å². The molecular weight excluding hydrogens is 321 g/mol. The number of urea groups is 1. The van der Waals surface area contributed by atoms with E-state index in [0.29, 0.717) is 0 Å². The molecule has 122 valence electrons. The Morgan fingerprint density at radius 3 is 2.32 bits per heavy atom. The minimum atomic E-state index is -4.64. The molecule has 9 heteroatoms. The van der Waals surface area contributed by atoms with Gasteiger partial charge in [-0.2, -0.15) is 13.2 Å². The molecule has 5 nitrogen and oxygen atoms in total. The third-order valence-electron chi connectivity index (χ3n) is 2.27. The van der Waals surface area contributed by atoms with E-state index in [1.54, 1.807) is 20.8 Å². The molecule has 0 fully saturated rings. The minimum Gasteiger partial charge on any atom is -0.333 e. The van der Waals surface area contributed by atoms with Gasteiger partial charge >= 0.3 is 12.2 Å². The maximum Gasteiger partial charge on any atom is 0.418 e. The fourth-order valence-electron chi connectivity index (χ4n) is 1.51. The summed E-state index contributed by atoms with van der Waals surface area (Å²) in [7, 11) is 0. The van der Waals surface area contributed by atoms with Crippen molar-refractivity contribution < 1.29 is 18.0 Å². The molecule has 22 heavy (non-hydrogen) atoms. The van der Waals surface area contributed by atoms with E-state index < -0.39 is 29.3 Å². The van der Waals surface area contributed by atoms with Crippen LogP contribution in [0.1, 0.15) is 26.3 Å². The molecule has 1 aromatic rings. The zero-order valence-electron chi connectivity index (χ0n) is 12.2. The summed E-state index contributed by atoms with van der Waals surface area (Å²) < 4.78 is 38.7. The summed E-state index contributed by atoms with van der Waals surface area (Å²) in [6.45, 7) is 5.18. The van der Waals surface area contributed by atoms with Crippen LogP contribution in [0.25, 0.3) is 0 Å². The van der Waals surface area contributed by atoms with Crippen molar-refractivity contribution >= 4 is 29.3 Å². The molecule has 4 N–H and O–H groups in total. The molecule has 0 aliphatic heterocycles. The number of nitrogens with one attached hydrogen (secondary N) is 4. The zero-order chi connectivity index (χ0) is 17.1. The van der Waals surface area contributed by atoms with E-state index in [9.17, 15) is 18.0 Å². The van der Waals surface area contributed by atoms with Crippen LogP contribution in [0.3, 0.4) is 0 Å². The van der Waals surface area contributed by atoms with Gasteiger partial charge in [0.15, 0.2) is 0 Å². The van der Waals surface area contributed by atoms with E-state index in [4.69, 9.17) is 17.0 Å². The van der Waals surface area contributed by atoms with Crippen molar-refractivity contribution in [2.45, 2.75) is 32.5 Å². The number of anilines is 1. The molecule has 2 amide bonds. The van der Waals surface area contributed by atoms with Crippen LogP contribution in [-0.4, -0.2) is 17.5 Å². The average molecular weight is 337 g/mol. The van der Waals surface area contributed by atoms with Crippen LogP contribution >= 0.6 is 11.6 Å². The molecule has 1 aromatic carbocycles. The number of rotatable bonds is 1. The van der Waals surface area contributed by atoms with Crippen molar-refractivity contribution in [3.8, 4) is 0 Å². The molecule has 0 atom stereocenters. The Morgan fingerprint density at radius 1 is 1.23 bits per heavy atom. The van der Waals surface area contributed by atoms with Crippen LogP contribution in [0.2, 0.25) is 5.02 Å². The van der Waals surface area contributed by atoms with Gasteiger partial charge in [0.25, 0.3) is 0 Å². The van der Waals surface area contributed by atoms with Gasteiger partial charge in [0, 0.05) is 10.6 Å². The van der Waals surface area contributed by atoms with E-state index in [-0.39, 0.29) is 10.7 Å². The van der Waals surface area contributed by atoms with Crippen LogP contribution in [0.5, 0.6) is 0 Å². The first kappa shape index (κ1) is 18.1. The summed E-state index contributed by atoms with van der Waals surface area (Å²) in [6.07, 6.45) is -4.64. The van der Waals surface area contributed by atoms with Gasteiger partial charge in [-0.15, -0.1) is 0 Å². The van der Waals surface area contributed by atoms with Gasteiger partial charge in [0.2, 0.25) is 5.96 Å². The van der Waals surface area contributed by atoms with Gasteiger partial charge in [0.1, 0.15) is 0 Å². The standard InChI is InChI=1S/C13H16ClF3N4O/c1-12(2,3)21-11(22)20-10(18)19-9-5-4-7(14)6-8(9)13(15,16)17/h4-6H,1-3H3,(H4,18,19,20,21,22). The highest BCUT2D eigenvalue weighted by Crippen LogP contribution is 2.36. The predicted octanol–water partition coefficient (Wildman–Crippen LogP) is 3.80. The molecule has 0 bridgehead atoms. The Labute approximate surface area is 130 Å². The maximum absolute atomic E-state index is 12.9. The lowest BCUT2D eigenvalue weighted by Crippen LogP contribution is -2.49. The molecular formula is C13H16ClF3N4O. The van der Waals surface area contributed by atoms with E-state index >= 15 is 0 Å². The Balaban J connectivity index is 2.83. The number of hydrogen-bond donors (Lipinski definition) is 4. The smallest absolute Gasteiger partial charge is 0.333 e. The van der Waals surface area contributed by atoms with Crippen molar-refractivity contribution in [3.63, 3.8) is 0 Å². The normalized spacial score (nSPS) is 11.8. The summed E-state index contributed by atoms with van der Waals surface area (Å²) in [5.41, 5.74) is -1.94. The lowest BCUT2D eigenvalue weighted by molar-refractivity contribution is -0.136. The van der Waals surface area contributed by atoms with E-state index in [1.165, 1.54) is 6.07 Å². The third kappa shape index (κ3) is 5.80. The lowest BCUT2D eigenvalue weighted by Gasteiger charge is -2.21. The Morgan fingerprint density at radius 2 is 1.82 bits per heavy atom. The Kier molecular flexibility index (Phi) is 5.29. The van der Waals surface area contributed by atoms with Crippen LogP contribution in [0.4, 0.5) is 23.7 Å². The predicted molar refractivity (Wildman–Crippen MR) is 79.2 cm³/mol. The highest BCUT2D eigenvalue weighted by atomic mass is 35.5. The molecule has 0 aromatic heterocycles. The SMILES string of the molecule is CC(C)(C)NC(=O)NC(=N)Nc1ccc(Cl)cc1C(F)(F)F. The van der Waals surface area contributed by atoms with Crippen molar-refractivity contribution in [2.24, 2.45) is 0 Å². The van der Waals surface area contributed by atoms with Gasteiger partial charge in [-0.1, -0.05) is 11.6 Å².